The number of rotatable bonds is 6. The third-order valence-electron chi connectivity index (χ3n) is 5.18. The molecule has 0 saturated heterocycles. The monoisotopic (exact) mass is 363 g/mol. The lowest BCUT2D eigenvalue weighted by Gasteiger charge is -2.24. The Kier molecular flexibility index (Phi) is 5.40. The van der Waals surface area contributed by atoms with Crippen molar-refractivity contribution >= 4 is 17.4 Å². The fourth-order valence-electron chi connectivity index (χ4n) is 3.32. The van der Waals surface area contributed by atoms with E-state index in [9.17, 15) is 9.59 Å². The third kappa shape index (κ3) is 3.63. The maximum absolute atomic E-state index is 12.9. The van der Waals surface area contributed by atoms with Crippen LogP contribution in [0.1, 0.15) is 29.2 Å². The van der Waals surface area contributed by atoms with Crippen molar-refractivity contribution in [3.8, 4) is 0 Å². The fourth-order valence-corrected chi connectivity index (χ4v) is 3.32. The van der Waals surface area contributed by atoms with Gasteiger partial charge in [-0.15, -0.1) is 0 Å². The van der Waals surface area contributed by atoms with Crippen LogP contribution in [0, 0.1) is 13.8 Å². The van der Waals surface area contributed by atoms with Gasteiger partial charge in [0.25, 0.3) is 11.8 Å². The predicted molar refractivity (Wildman–Crippen MR) is 106 cm³/mol. The Hall–Kier alpha value is -2.95. The molecule has 1 aliphatic heterocycles. The highest BCUT2D eigenvalue weighted by molar-refractivity contribution is 6.35. The minimum absolute atomic E-state index is 0.232. The molecule has 2 amide bonds. The first kappa shape index (κ1) is 18.8. The van der Waals surface area contributed by atoms with E-state index in [1.54, 1.807) is 19.4 Å². The highest BCUT2D eigenvalue weighted by Crippen LogP contribution is 2.31. The van der Waals surface area contributed by atoms with E-state index in [0.717, 1.165) is 28.7 Å². The van der Waals surface area contributed by atoms with Gasteiger partial charge in [0, 0.05) is 32.5 Å². The Balaban J connectivity index is 2.00. The standard InChI is InChI=1S/C22H25N3O2/c1-5-25(13-10-17-8-11-23-12-9-17)20-19(21(26)24(4)22(20)27)18-7-6-15(2)16(3)14-18/h6-9,11-12,14H,5,10,13H2,1-4H3. The second-order valence-corrected chi connectivity index (χ2v) is 6.88. The van der Waals surface area contributed by atoms with E-state index in [4.69, 9.17) is 0 Å². The van der Waals surface area contributed by atoms with Gasteiger partial charge < -0.3 is 4.90 Å². The van der Waals surface area contributed by atoms with E-state index in [-0.39, 0.29) is 11.8 Å². The van der Waals surface area contributed by atoms with Gasteiger partial charge in [0.1, 0.15) is 5.70 Å². The first-order chi connectivity index (χ1) is 12.9. The molecule has 27 heavy (non-hydrogen) atoms. The summed E-state index contributed by atoms with van der Waals surface area (Å²) < 4.78 is 0. The Morgan fingerprint density at radius 2 is 1.70 bits per heavy atom. The zero-order valence-electron chi connectivity index (χ0n) is 16.3. The SMILES string of the molecule is CCN(CCc1ccncc1)C1=C(c2ccc(C)c(C)c2)C(=O)N(C)C1=O. The summed E-state index contributed by atoms with van der Waals surface area (Å²) in [7, 11) is 1.55. The van der Waals surface area contributed by atoms with Crippen molar-refractivity contribution in [3.05, 3.63) is 70.7 Å². The van der Waals surface area contributed by atoms with E-state index in [2.05, 4.69) is 4.98 Å². The third-order valence-corrected chi connectivity index (χ3v) is 5.18. The number of aromatic nitrogens is 1. The van der Waals surface area contributed by atoms with Crippen LogP contribution in [-0.4, -0.2) is 46.7 Å². The van der Waals surface area contributed by atoms with Crippen LogP contribution >= 0.6 is 0 Å². The number of nitrogens with zero attached hydrogens (tertiary/aromatic N) is 3. The van der Waals surface area contributed by atoms with E-state index in [0.29, 0.717) is 24.4 Å². The average molecular weight is 363 g/mol. The maximum Gasteiger partial charge on any atom is 0.277 e. The smallest absolute Gasteiger partial charge is 0.277 e. The number of hydrogen-bond acceptors (Lipinski definition) is 4. The molecule has 0 atom stereocenters. The number of amides is 2. The normalized spacial score (nSPS) is 14.3. The topological polar surface area (TPSA) is 53.5 Å². The first-order valence-electron chi connectivity index (χ1n) is 9.22. The molecular formula is C22H25N3O2. The number of benzene rings is 1. The molecule has 5 nitrogen and oxygen atoms in total. The molecule has 0 N–H and O–H groups in total. The predicted octanol–water partition coefficient (Wildman–Crippen LogP) is 2.97. The summed E-state index contributed by atoms with van der Waals surface area (Å²) in [6.45, 7) is 7.38. The largest absolute Gasteiger partial charge is 0.366 e. The zero-order valence-corrected chi connectivity index (χ0v) is 16.3. The number of imide groups is 1. The molecule has 5 heteroatoms. The molecule has 1 aromatic carbocycles. The van der Waals surface area contributed by atoms with Gasteiger partial charge in [-0.1, -0.05) is 18.2 Å². The molecule has 0 aliphatic carbocycles. The number of aryl methyl sites for hydroxylation is 2. The van der Waals surface area contributed by atoms with Crippen molar-refractivity contribution in [1.29, 1.82) is 0 Å². The Morgan fingerprint density at radius 1 is 1.00 bits per heavy atom. The Bertz CT molecular complexity index is 903. The molecule has 0 spiro atoms. The van der Waals surface area contributed by atoms with Gasteiger partial charge in [-0.05, 0) is 61.6 Å². The lowest BCUT2D eigenvalue weighted by Crippen LogP contribution is -2.33. The molecule has 3 rings (SSSR count). The van der Waals surface area contributed by atoms with Gasteiger partial charge >= 0.3 is 0 Å². The van der Waals surface area contributed by atoms with Crippen LogP contribution in [0.4, 0.5) is 0 Å². The first-order valence-corrected chi connectivity index (χ1v) is 9.22. The summed E-state index contributed by atoms with van der Waals surface area (Å²) in [4.78, 5) is 33.0. The lowest BCUT2D eigenvalue weighted by atomic mass is 9.99. The van der Waals surface area contributed by atoms with Gasteiger partial charge in [-0.3, -0.25) is 19.5 Å². The van der Waals surface area contributed by atoms with Crippen molar-refractivity contribution in [2.24, 2.45) is 0 Å². The summed E-state index contributed by atoms with van der Waals surface area (Å²) >= 11 is 0. The quantitative estimate of drug-likeness (QED) is 0.741. The van der Waals surface area contributed by atoms with Gasteiger partial charge in [-0.25, -0.2) is 0 Å². The highest BCUT2D eigenvalue weighted by atomic mass is 16.2. The summed E-state index contributed by atoms with van der Waals surface area (Å²) in [6.07, 6.45) is 4.32. The van der Waals surface area contributed by atoms with Crippen LogP contribution in [0.25, 0.3) is 5.57 Å². The Labute approximate surface area is 160 Å². The molecule has 0 bridgehead atoms. The summed E-state index contributed by atoms with van der Waals surface area (Å²) in [5, 5.41) is 0. The number of pyridine rings is 1. The minimum Gasteiger partial charge on any atom is -0.366 e. The van der Waals surface area contributed by atoms with E-state index in [1.807, 2.05) is 56.0 Å². The number of hydrogen-bond donors (Lipinski definition) is 0. The molecule has 2 heterocycles. The molecule has 2 aromatic rings. The summed E-state index contributed by atoms with van der Waals surface area (Å²) in [6, 6.07) is 9.86. The van der Waals surface area contributed by atoms with Crippen LogP contribution < -0.4 is 0 Å². The average Bonchev–Trinajstić information content (AvgIpc) is 2.90. The van der Waals surface area contributed by atoms with E-state index in [1.165, 1.54) is 4.90 Å². The molecule has 0 unspecified atom stereocenters. The highest BCUT2D eigenvalue weighted by Gasteiger charge is 2.39. The van der Waals surface area contributed by atoms with E-state index >= 15 is 0 Å². The van der Waals surface area contributed by atoms with Crippen molar-refractivity contribution < 1.29 is 9.59 Å². The Morgan fingerprint density at radius 3 is 2.33 bits per heavy atom. The molecule has 0 fully saturated rings. The zero-order chi connectivity index (χ0) is 19.6. The number of carbonyl (C=O) groups is 2. The van der Waals surface area contributed by atoms with Crippen LogP contribution in [0.15, 0.2) is 48.4 Å². The molecule has 0 radical (unpaired) electrons. The second kappa shape index (κ2) is 7.74. The molecule has 0 saturated carbocycles. The van der Waals surface area contributed by atoms with Crippen molar-refractivity contribution in [2.75, 3.05) is 20.1 Å². The summed E-state index contributed by atoms with van der Waals surface area (Å²) in [5.41, 5.74) is 5.23. The molecule has 1 aliphatic rings. The lowest BCUT2D eigenvalue weighted by molar-refractivity contribution is -0.135. The minimum atomic E-state index is -0.236. The molecule has 1 aromatic heterocycles. The molecule has 140 valence electrons. The number of carbonyl (C=O) groups excluding carboxylic acids is 2. The fraction of sp³-hybridized carbons (Fsp3) is 0.318. The van der Waals surface area contributed by atoms with Gasteiger partial charge in [-0.2, -0.15) is 0 Å². The number of likely N-dealkylation sites (N-methyl/N-ethyl adjacent to an activating group) is 2. The summed E-state index contributed by atoms with van der Waals surface area (Å²) in [5.74, 6) is -0.467. The van der Waals surface area contributed by atoms with E-state index < -0.39 is 0 Å². The van der Waals surface area contributed by atoms with Crippen molar-refractivity contribution in [2.45, 2.75) is 27.2 Å². The van der Waals surface area contributed by atoms with Crippen LogP contribution in [0.5, 0.6) is 0 Å². The second-order valence-electron chi connectivity index (χ2n) is 6.88. The van der Waals surface area contributed by atoms with Gasteiger partial charge in [0.05, 0.1) is 5.57 Å². The van der Waals surface area contributed by atoms with Gasteiger partial charge in [0.2, 0.25) is 0 Å². The van der Waals surface area contributed by atoms with Gasteiger partial charge in [0.15, 0.2) is 0 Å². The van der Waals surface area contributed by atoms with Crippen LogP contribution in [-0.2, 0) is 16.0 Å². The molecular weight excluding hydrogens is 338 g/mol. The van der Waals surface area contributed by atoms with Crippen molar-refractivity contribution in [1.82, 2.24) is 14.8 Å². The maximum atomic E-state index is 12.9. The van der Waals surface area contributed by atoms with Crippen LogP contribution in [0.3, 0.4) is 0 Å². The van der Waals surface area contributed by atoms with Crippen molar-refractivity contribution in [3.63, 3.8) is 0 Å². The van der Waals surface area contributed by atoms with Crippen LogP contribution in [0.2, 0.25) is 0 Å².